The van der Waals surface area contributed by atoms with Crippen LogP contribution in [-0.2, 0) is 21.2 Å². The van der Waals surface area contributed by atoms with Crippen LogP contribution in [0.2, 0.25) is 0 Å². The predicted molar refractivity (Wildman–Crippen MR) is 77.1 cm³/mol. The number of aliphatic carboxylic acids is 1. The predicted octanol–water partition coefficient (Wildman–Crippen LogP) is 2.17. The van der Waals surface area contributed by atoms with E-state index in [1.54, 1.807) is 18.2 Å². The summed E-state index contributed by atoms with van der Waals surface area (Å²) in [5.74, 6) is -1.14. The number of nitrogens with one attached hydrogen (secondary N) is 1. The maximum Gasteiger partial charge on any atom is 0.321 e. The van der Waals surface area contributed by atoms with Gasteiger partial charge in [-0.2, -0.15) is 4.72 Å². The van der Waals surface area contributed by atoms with Gasteiger partial charge in [0.15, 0.2) is 0 Å². The zero-order valence-electron chi connectivity index (χ0n) is 11.8. The number of rotatable bonds is 8. The lowest BCUT2D eigenvalue weighted by molar-refractivity contribution is -0.139. The quantitative estimate of drug-likeness (QED) is 0.770. The highest BCUT2D eigenvalue weighted by Gasteiger charge is 2.26. The van der Waals surface area contributed by atoms with Gasteiger partial charge in [-0.3, -0.25) is 4.79 Å². The third-order valence-corrected chi connectivity index (χ3v) is 4.66. The third-order valence-electron chi connectivity index (χ3n) is 3.08. The molecule has 1 atom stereocenters. The molecule has 1 aromatic carbocycles. The van der Waals surface area contributed by atoms with Gasteiger partial charge in [-0.15, -0.1) is 0 Å². The van der Waals surface area contributed by atoms with Crippen molar-refractivity contribution >= 4 is 16.0 Å². The third kappa shape index (κ3) is 4.31. The Morgan fingerprint density at radius 3 is 2.50 bits per heavy atom. The Balaban J connectivity index is 3.00. The maximum atomic E-state index is 12.3. The van der Waals surface area contributed by atoms with Gasteiger partial charge in [0.1, 0.15) is 6.04 Å². The molecule has 6 heteroatoms. The Kier molecular flexibility index (Phi) is 6.16. The molecule has 2 N–H and O–H groups in total. The number of unbranched alkanes of at least 4 members (excludes halogenated alkanes) is 1. The largest absolute Gasteiger partial charge is 0.480 e. The summed E-state index contributed by atoms with van der Waals surface area (Å²) in [5.41, 5.74) is 0.680. The fourth-order valence-corrected chi connectivity index (χ4v) is 3.49. The van der Waals surface area contributed by atoms with Gasteiger partial charge < -0.3 is 5.11 Å². The van der Waals surface area contributed by atoms with Crippen LogP contribution in [0.4, 0.5) is 0 Å². The van der Waals surface area contributed by atoms with Crippen molar-refractivity contribution in [1.82, 2.24) is 4.72 Å². The van der Waals surface area contributed by atoms with E-state index in [0.717, 1.165) is 6.42 Å². The number of hydrogen-bond acceptors (Lipinski definition) is 3. The Hall–Kier alpha value is -1.40. The van der Waals surface area contributed by atoms with Crippen LogP contribution < -0.4 is 4.72 Å². The van der Waals surface area contributed by atoms with E-state index in [1.165, 1.54) is 6.07 Å². The standard InChI is InChI=1S/C14H21NO4S/c1-3-5-9-12(14(16)17)15-20(18,19)13-10-7-6-8-11(13)4-2/h6-8,10,12,15H,3-5,9H2,1-2H3,(H,16,17)/t12-/m0/s1. The van der Waals surface area contributed by atoms with Gasteiger partial charge in [-0.1, -0.05) is 44.9 Å². The maximum absolute atomic E-state index is 12.3. The highest BCUT2D eigenvalue weighted by atomic mass is 32.2. The fourth-order valence-electron chi connectivity index (χ4n) is 1.95. The second kappa shape index (κ2) is 7.40. The summed E-state index contributed by atoms with van der Waals surface area (Å²) in [6.45, 7) is 3.79. The zero-order valence-corrected chi connectivity index (χ0v) is 12.6. The van der Waals surface area contributed by atoms with Gasteiger partial charge in [0.05, 0.1) is 4.90 Å². The first-order chi connectivity index (χ1) is 9.42. The van der Waals surface area contributed by atoms with Gasteiger partial charge in [0, 0.05) is 0 Å². The van der Waals surface area contributed by atoms with Crippen LogP contribution in [0, 0.1) is 0 Å². The van der Waals surface area contributed by atoms with Crippen LogP contribution in [0.3, 0.4) is 0 Å². The first-order valence-corrected chi connectivity index (χ1v) is 8.23. The molecule has 0 heterocycles. The van der Waals surface area contributed by atoms with E-state index in [9.17, 15) is 13.2 Å². The Morgan fingerprint density at radius 2 is 1.95 bits per heavy atom. The lowest BCUT2D eigenvalue weighted by Crippen LogP contribution is -2.40. The molecule has 0 saturated heterocycles. The van der Waals surface area contributed by atoms with Crippen LogP contribution in [-0.4, -0.2) is 25.5 Å². The molecular weight excluding hydrogens is 278 g/mol. The van der Waals surface area contributed by atoms with E-state index >= 15 is 0 Å². The molecule has 0 radical (unpaired) electrons. The molecule has 0 aliphatic carbocycles. The molecule has 1 aromatic rings. The number of hydrogen-bond donors (Lipinski definition) is 2. The molecule has 0 spiro atoms. The lowest BCUT2D eigenvalue weighted by Gasteiger charge is -2.16. The minimum atomic E-state index is -3.81. The molecule has 1 rings (SSSR count). The topological polar surface area (TPSA) is 83.5 Å². The van der Waals surface area contributed by atoms with E-state index in [-0.39, 0.29) is 4.90 Å². The Bertz CT molecular complexity index is 554. The van der Waals surface area contributed by atoms with Crippen LogP contribution >= 0.6 is 0 Å². The van der Waals surface area contributed by atoms with Gasteiger partial charge in [-0.25, -0.2) is 8.42 Å². The molecule has 5 nitrogen and oxygen atoms in total. The van der Waals surface area contributed by atoms with Crippen LogP contribution in [0.25, 0.3) is 0 Å². The van der Waals surface area contributed by atoms with Crippen molar-refractivity contribution in [3.63, 3.8) is 0 Å². The summed E-state index contributed by atoms with van der Waals surface area (Å²) in [6, 6.07) is 5.56. The molecule has 0 aliphatic rings. The summed E-state index contributed by atoms with van der Waals surface area (Å²) in [7, 11) is -3.81. The molecule has 0 saturated carbocycles. The average molecular weight is 299 g/mol. The molecule has 0 aromatic heterocycles. The second-order valence-electron chi connectivity index (χ2n) is 4.62. The SMILES string of the molecule is CCCC[C@H](NS(=O)(=O)c1ccccc1CC)C(=O)O. The van der Waals surface area contributed by atoms with Crippen molar-refractivity contribution in [3.8, 4) is 0 Å². The molecule has 20 heavy (non-hydrogen) atoms. The van der Waals surface area contributed by atoms with E-state index in [4.69, 9.17) is 5.11 Å². The molecule has 112 valence electrons. The summed E-state index contributed by atoms with van der Waals surface area (Å²) < 4.78 is 26.9. The molecule has 0 amide bonds. The Morgan fingerprint density at radius 1 is 1.30 bits per heavy atom. The summed E-state index contributed by atoms with van der Waals surface area (Å²) in [6.07, 6.45) is 2.34. The molecule has 0 fully saturated rings. The van der Waals surface area contributed by atoms with Crippen molar-refractivity contribution in [2.24, 2.45) is 0 Å². The highest BCUT2D eigenvalue weighted by Crippen LogP contribution is 2.17. The molecule has 0 aliphatic heterocycles. The smallest absolute Gasteiger partial charge is 0.321 e. The van der Waals surface area contributed by atoms with E-state index in [0.29, 0.717) is 24.8 Å². The lowest BCUT2D eigenvalue weighted by atomic mass is 10.1. The van der Waals surface area contributed by atoms with Crippen LogP contribution in [0.15, 0.2) is 29.2 Å². The van der Waals surface area contributed by atoms with E-state index in [1.807, 2.05) is 13.8 Å². The normalized spacial score (nSPS) is 13.1. The summed E-state index contributed by atoms with van der Waals surface area (Å²) in [4.78, 5) is 11.3. The second-order valence-corrected chi connectivity index (χ2v) is 6.30. The van der Waals surface area contributed by atoms with Gasteiger partial charge >= 0.3 is 5.97 Å². The Labute approximate surface area is 120 Å². The number of aryl methyl sites for hydroxylation is 1. The summed E-state index contributed by atoms with van der Waals surface area (Å²) in [5, 5.41) is 9.11. The van der Waals surface area contributed by atoms with Gasteiger partial charge in [-0.05, 0) is 24.5 Å². The van der Waals surface area contributed by atoms with E-state index < -0.39 is 22.0 Å². The highest BCUT2D eigenvalue weighted by molar-refractivity contribution is 7.89. The number of carboxylic acids is 1. The van der Waals surface area contributed by atoms with Crippen LogP contribution in [0.5, 0.6) is 0 Å². The zero-order chi connectivity index (χ0) is 15.2. The average Bonchev–Trinajstić information content (AvgIpc) is 2.43. The first-order valence-electron chi connectivity index (χ1n) is 6.75. The van der Waals surface area contributed by atoms with Crippen LogP contribution in [0.1, 0.15) is 38.7 Å². The molecule has 0 bridgehead atoms. The number of benzene rings is 1. The van der Waals surface area contributed by atoms with Gasteiger partial charge in [0.2, 0.25) is 10.0 Å². The van der Waals surface area contributed by atoms with Gasteiger partial charge in [0.25, 0.3) is 0 Å². The number of carbonyl (C=O) groups is 1. The fraction of sp³-hybridized carbons (Fsp3) is 0.500. The molecular formula is C14H21NO4S. The minimum absolute atomic E-state index is 0.158. The van der Waals surface area contributed by atoms with Crippen molar-refractivity contribution in [2.75, 3.05) is 0 Å². The van der Waals surface area contributed by atoms with Crippen molar-refractivity contribution in [2.45, 2.75) is 50.5 Å². The van der Waals surface area contributed by atoms with Crippen molar-refractivity contribution in [1.29, 1.82) is 0 Å². The van der Waals surface area contributed by atoms with E-state index in [2.05, 4.69) is 4.72 Å². The monoisotopic (exact) mass is 299 g/mol. The molecule has 0 unspecified atom stereocenters. The van der Waals surface area contributed by atoms with Crippen molar-refractivity contribution in [3.05, 3.63) is 29.8 Å². The number of sulfonamides is 1. The summed E-state index contributed by atoms with van der Waals surface area (Å²) >= 11 is 0. The minimum Gasteiger partial charge on any atom is -0.480 e. The first kappa shape index (κ1) is 16.7. The number of carboxylic acid groups (broad SMARTS) is 1. The van der Waals surface area contributed by atoms with Crippen molar-refractivity contribution < 1.29 is 18.3 Å².